The monoisotopic (exact) mass is 260 g/mol. The minimum Gasteiger partial charge on any atom is -0.508 e. The number of amides is 1. The van der Waals surface area contributed by atoms with Crippen LogP contribution in [0.25, 0.3) is 0 Å². The first-order valence-corrected chi connectivity index (χ1v) is 5.60. The highest BCUT2D eigenvalue weighted by Crippen LogP contribution is 2.21. The number of benzene rings is 2. The molecule has 0 aliphatic rings. The van der Waals surface area contributed by atoms with Gasteiger partial charge in [0.05, 0.1) is 0 Å². The van der Waals surface area contributed by atoms with E-state index in [1.165, 1.54) is 30.1 Å². The summed E-state index contributed by atoms with van der Waals surface area (Å²) < 4.78 is 13.2. The molecule has 3 N–H and O–H groups in total. The Hall–Kier alpha value is -2.56. The summed E-state index contributed by atoms with van der Waals surface area (Å²) in [5.41, 5.74) is 6.36. The second-order valence-electron chi connectivity index (χ2n) is 4.16. The molecule has 2 aromatic rings. The van der Waals surface area contributed by atoms with Crippen molar-refractivity contribution in [2.45, 2.75) is 0 Å². The maximum atomic E-state index is 13.2. The predicted molar refractivity (Wildman–Crippen MR) is 71.7 cm³/mol. The van der Waals surface area contributed by atoms with E-state index in [1.54, 1.807) is 12.1 Å². The Morgan fingerprint density at radius 3 is 2.63 bits per heavy atom. The third-order valence-electron chi connectivity index (χ3n) is 2.69. The van der Waals surface area contributed by atoms with Crippen molar-refractivity contribution in [3.63, 3.8) is 0 Å². The molecule has 0 aliphatic heterocycles. The number of hydrogen-bond acceptors (Lipinski definition) is 3. The van der Waals surface area contributed by atoms with E-state index in [4.69, 9.17) is 5.73 Å². The summed E-state index contributed by atoms with van der Waals surface area (Å²) in [4.78, 5) is 13.5. The van der Waals surface area contributed by atoms with Gasteiger partial charge >= 0.3 is 0 Å². The van der Waals surface area contributed by atoms with Crippen molar-refractivity contribution in [1.82, 2.24) is 0 Å². The van der Waals surface area contributed by atoms with Gasteiger partial charge in [-0.05, 0) is 30.3 Å². The van der Waals surface area contributed by atoms with Gasteiger partial charge in [-0.25, -0.2) is 4.39 Å². The highest BCUT2D eigenvalue weighted by Gasteiger charge is 2.15. The van der Waals surface area contributed by atoms with Crippen LogP contribution in [-0.4, -0.2) is 18.1 Å². The average molecular weight is 260 g/mol. The third kappa shape index (κ3) is 2.82. The fourth-order valence-electron chi connectivity index (χ4n) is 1.75. The van der Waals surface area contributed by atoms with Crippen LogP contribution in [0.5, 0.6) is 5.75 Å². The fraction of sp³-hybridized carbons (Fsp3) is 0.0714. The Balaban J connectivity index is 2.33. The molecule has 0 heterocycles. The number of nitrogens with two attached hydrogens (primary N) is 1. The summed E-state index contributed by atoms with van der Waals surface area (Å²) >= 11 is 0. The molecule has 1 amide bonds. The van der Waals surface area contributed by atoms with Gasteiger partial charge in [0.15, 0.2) is 0 Å². The molecule has 4 nitrogen and oxygen atoms in total. The second kappa shape index (κ2) is 4.97. The van der Waals surface area contributed by atoms with Gasteiger partial charge in [0, 0.05) is 30.1 Å². The predicted octanol–water partition coefficient (Wildman–Crippen LogP) is 2.39. The molecule has 98 valence electrons. The largest absolute Gasteiger partial charge is 0.508 e. The van der Waals surface area contributed by atoms with Crippen LogP contribution in [0.15, 0.2) is 42.5 Å². The van der Waals surface area contributed by atoms with Crippen LogP contribution < -0.4 is 10.6 Å². The summed E-state index contributed by atoms with van der Waals surface area (Å²) in [6, 6.07) is 9.91. The van der Waals surface area contributed by atoms with Crippen LogP contribution in [0.2, 0.25) is 0 Å². The van der Waals surface area contributed by atoms with Crippen LogP contribution >= 0.6 is 0 Å². The number of rotatable bonds is 2. The lowest BCUT2D eigenvalue weighted by atomic mass is 10.1. The van der Waals surface area contributed by atoms with Crippen molar-refractivity contribution < 1.29 is 14.3 Å². The topological polar surface area (TPSA) is 66.6 Å². The van der Waals surface area contributed by atoms with E-state index in [0.29, 0.717) is 5.69 Å². The quantitative estimate of drug-likeness (QED) is 0.815. The van der Waals surface area contributed by atoms with E-state index in [2.05, 4.69) is 0 Å². The minimum atomic E-state index is -0.562. The molecular weight excluding hydrogens is 247 g/mol. The molecule has 0 spiro atoms. The van der Waals surface area contributed by atoms with Crippen LogP contribution in [0.3, 0.4) is 0 Å². The average Bonchev–Trinajstić information content (AvgIpc) is 2.36. The summed E-state index contributed by atoms with van der Waals surface area (Å²) in [6.45, 7) is 0. The molecule has 0 atom stereocenters. The van der Waals surface area contributed by atoms with E-state index in [-0.39, 0.29) is 17.0 Å². The Morgan fingerprint density at radius 1 is 1.26 bits per heavy atom. The van der Waals surface area contributed by atoms with Gasteiger partial charge in [0.25, 0.3) is 5.91 Å². The lowest BCUT2D eigenvalue weighted by Crippen LogP contribution is -2.26. The van der Waals surface area contributed by atoms with Gasteiger partial charge in [-0.1, -0.05) is 6.07 Å². The molecule has 0 aliphatic carbocycles. The maximum Gasteiger partial charge on any atom is 0.258 e. The van der Waals surface area contributed by atoms with Crippen molar-refractivity contribution in [3.8, 4) is 5.75 Å². The van der Waals surface area contributed by atoms with Crippen molar-refractivity contribution in [2.24, 2.45) is 0 Å². The summed E-state index contributed by atoms with van der Waals surface area (Å²) in [5, 5.41) is 9.38. The standard InChI is InChI=1S/C14H13FN2O2/c1-17(12-3-2-4-13(18)8-12)14(19)9-5-10(15)7-11(16)6-9/h2-8,18H,16H2,1H3. The number of carbonyl (C=O) groups is 1. The third-order valence-corrected chi connectivity index (χ3v) is 2.69. The zero-order valence-electron chi connectivity index (χ0n) is 10.3. The number of halogens is 1. The first-order chi connectivity index (χ1) is 8.97. The molecular formula is C14H13FN2O2. The lowest BCUT2D eigenvalue weighted by molar-refractivity contribution is 0.0992. The van der Waals surface area contributed by atoms with Gasteiger partial charge in [-0.2, -0.15) is 0 Å². The van der Waals surface area contributed by atoms with Crippen LogP contribution in [0, 0.1) is 5.82 Å². The summed E-state index contributed by atoms with van der Waals surface area (Å²) in [5.74, 6) is -0.916. The van der Waals surface area contributed by atoms with Gasteiger partial charge in [-0.15, -0.1) is 0 Å². The van der Waals surface area contributed by atoms with Crippen molar-refractivity contribution in [2.75, 3.05) is 17.7 Å². The highest BCUT2D eigenvalue weighted by molar-refractivity contribution is 6.06. The van der Waals surface area contributed by atoms with Gasteiger partial charge in [0.1, 0.15) is 11.6 Å². The normalized spacial score (nSPS) is 10.2. The number of aromatic hydroxyl groups is 1. The van der Waals surface area contributed by atoms with Gasteiger partial charge < -0.3 is 15.7 Å². The molecule has 0 saturated carbocycles. The number of nitrogen functional groups attached to an aromatic ring is 1. The van der Waals surface area contributed by atoms with E-state index >= 15 is 0 Å². The first kappa shape index (κ1) is 12.9. The molecule has 0 bridgehead atoms. The number of anilines is 2. The minimum absolute atomic E-state index is 0.0518. The molecule has 5 heteroatoms. The molecule has 0 fully saturated rings. The van der Waals surface area contributed by atoms with Crippen molar-refractivity contribution in [1.29, 1.82) is 0 Å². The number of phenols is 1. The Labute approximate surface area is 109 Å². The van der Waals surface area contributed by atoms with Crippen molar-refractivity contribution >= 4 is 17.3 Å². The van der Waals surface area contributed by atoms with Crippen LogP contribution in [0.1, 0.15) is 10.4 Å². The first-order valence-electron chi connectivity index (χ1n) is 5.60. The number of nitrogens with zero attached hydrogens (tertiary/aromatic N) is 1. The molecule has 2 aromatic carbocycles. The van der Waals surface area contributed by atoms with Crippen molar-refractivity contribution in [3.05, 3.63) is 53.8 Å². The van der Waals surface area contributed by atoms with E-state index in [9.17, 15) is 14.3 Å². The smallest absolute Gasteiger partial charge is 0.258 e. The Bertz CT molecular complexity index is 608. The Kier molecular flexibility index (Phi) is 3.37. The molecule has 0 aromatic heterocycles. The second-order valence-corrected chi connectivity index (χ2v) is 4.16. The molecule has 2 rings (SSSR count). The van der Waals surface area contributed by atoms with E-state index in [0.717, 1.165) is 12.1 Å². The van der Waals surface area contributed by atoms with Crippen LogP contribution in [0.4, 0.5) is 15.8 Å². The summed E-state index contributed by atoms with van der Waals surface area (Å²) in [6.07, 6.45) is 0. The summed E-state index contributed by atoms with van der Waals surface area (Å²) in [7, 11) is 1.54. The Morgan fingerprint density at radius 2 is 2.00 bits per heavy atom. The zero-order chi connectivity index (χ0) is 14.0. The lowest BCUT2D eigenvalue weighted by Gasteiger charge is -2.17. The SMILES string of the molecule is CN(C(=O)c1cc(N)cc(F)c1)c1cccc(O)c1. The molecule has 0 saturated heterocycles. The number of hydrogen-bond donors (Lipinski definition) is 2. The van der Waals surface area contributed by atoms with E-state index < -0.39 is 11.7 Å². The number of phenolic OH excluding ortho intramolecular Hbond substituents is 1. The van der Waals surface area contributed by atoms with Gasteiger partial charge in [0.2, 0.25) is 0 Å². The molecule has 0 unspecified atom stereocenters. The zero-order valence-corrected chi connectivity index (χ0v) is 10.3. The fourth-order valence-corrected chi connectivity index (χ4v) is 1.75. The van der Waals surface area contributed by atoms with E-state index in [1.807, 2.05) is 0 Å². The maximum absolute atomic E-state index is 13.2. The molecule has 19 heavy (non-hydrogen) atoms. The van der Waals surface area contributed by atoms with Crippen LogP contribution in [-0.2, 0) is 0 Å². The molecule has 0 radical (unpaired) electrons. The number of carbonyl (C=O) groups excluding carboxylic acids is 1. The van der Waals surface area contributed by atoms with Gasteiger partial charge in [-0.3, -0.25) is 4.79 Å². The highest BCUT2D eigenvalue weighted by atomic mass is 19.1.